The smallest absolute Gasteiger partial charge is 0.243 e. The van der Waals surface area contributed by atoms with Crippen molar-refractivity contribution in [1.82, 2.24) is 4.31 Å². The molecule has 0 aliphatic heterocycles. The summed E-state index contributed by atoms with van der Waals surface area (Å²) < 4.78 is 27.0. The van der Waals surface area contributed by atoms with E-state index in [1.165, 1.54) is 6.42 Å². The van der Waals surface area contributed by atoms with Crippen molar-refractivity contribution in [2.75, 3.05) is 13.1 Å². The Morgan fingerprint density at radius 1 is 1.32 bits per heavy atom. The second kappa shape index (κ2) is 6.03. The van der Waals surface area contributed by atoms with Crippen LogP contribution in [0.2, 0.25) is 0 Å². The Labute approximate surface area is 115 Å². The van der Waals surface area contributed by atoms with Crippen molar-refractivity contribution in [2.45, 2.75) is 37.6 Å². The van der Waals surface area contributed by atoms with E-state index in [1.807, 2.05) is 13.0 Å². The van der Waals surface area contributed by atoms with Crippen LogP contribution in [0.3, 0.4) is 0 Å². The molecule has 2 N–H and O–H groups in total. The second-order valence-electron chi connectivity index (χ2n) is 5.06. The van der Waals surface area contributed by atoms with Crippen molar-refractivity contribution >= 4 is 10.0 Å². The van der Waals surface area contributed by atoms with Crippen LogP contribution in [0.1, 0.15) is 31.7 Å². The molecule has 19 heavy (non-hydrogen) atoms. The molecular weight excluding hydrogens is 260 g/mol. The molecule has 4 nitrogen and oxygen atoms in total. The maximum Gasteiger partial charge on any atom is 0.243 e. The topological polar surface area (TPSA) is 63.4 Å². The zero-order valence-electron chi connectivity index (χ0n) is 11.4. The Bertz CT molecular complexity index is 524. The molecule has 1 saturated carbocycles. The summed E-state index contributed by atoms with van der Waals surface area (Å²) in [7, 11) is -3.41. The third-order valence-corrected chi connectivity index (χ3v) is 5.89. The van der Waals surface area contributed by atoms with Gasteiger partial charge >= 0.3 is 0 Å². The van der Waals surface area contributed by atoms with Gasteiger partial charge in [0.05, 0.1) is 4.90 Å². The first-order valence-corrected chi connectivity index (χ1v) is 8.31. The number of hydrogen-bond donors (Lipinski definition) is 1. The van der Waals surface area contributed by atoms with Crippen LogP contribution in [-0.4, -0.2) is 25.8 Å². The standard InChI is InChI=1S/C14H22N2O2S/c1-2-16(11-12-6-5-7-12)19(17,18)14-9-4-3-8-13(14)10-15/h3-4,8-9,12H,2,5-7,10-11,15H2,1H3. The van der Waals surface area contributed by atoms with Crippen molar-refractivity contribution < 1.29 is 8.42 Å². The quantitative estimate of drug-likeness (QED) is 0.867. The lowest BCUT2D eigenvalue weighted by atomic mass is 9.85. The Hall–Kier alpha value is -0.910. The molecule has 0 bridgehead atoms. The minimum atomic E-state index is -3.41. The molecule has 0 atom stereocenters. The van der Waals surface area contributed by atoms with Crippen LogP contribution in [0, 0.1) is 5.92 Å². The molecule has 0 unspecified atom stereocenters. The van der Waals surface area contributed by atoms with Crippen molar-refractivity contribution in [3.8, 4) is 0 Å². The van der Waals surface area contributed by atoms with E-state index in [2.05, 4.69) is 0 Å². The highest BCUT2D eigenvalue weighted by atomic mass is 32.2. The molecule has 2 rings (SSSR count). The molecule has 1 aliphatic carbocycles. The Morgan fingerprint density at radius 3 is 2.53 bits per heavy atom. The average molecular weight is 282 g/mol. The van der Waals surface area contributed by atoms with Crippen LogP contribution >= 0.6 is 0 Å². The molecule has 5 heteroatoms. The van der Waals surface area contributed by atoms with Gasteiger partial charge in [-0.05, 0) is 30.4 Å². The van der Waals surface area contributed by atoms with Gasteiger partial charge in [-0.25, -0.2) is 8.42 Å². The van der Waals surface area contributed by atoms with Crippen LogP contribution in [0.4, 0.5) is 0 Å². The van der Waals surface area contributed by atoms with Crippen LogP contribution in [0.15, 0.2) is 29.2 Å². The van der Waals surface area contributed by atoms with Gasteiger partial charge in [0.1, 0.15) is 0 Å². The third-order valence-electron chi connectivity index (χ3n) is 3.85. The van der Waals surface area contributed by atoms with E-state index in [4.69, 9.17) is 5.73 Å². The van der Waals surface area contributed by atoms with E-state index >= 15 is 0 Å². The van der Waals surface area contributed by atoms with Gasteiger partial charge in [0.15, 0.2) is 0 Å². The van der Waals surface area contributed by atoms with E-state index in [1.54, 1.807) is 22.5 Å². The van der Waals surface area contributed by atoms with E-state index in [0.717, 1.165) is 12.8 Å². The highest BCUT2D eigenvalue weighted by molar-refractivity contribution is 7.89. The summed E-state index contributed by atoms with van der Waals surface area (Å²) in [6.45, 7) is 3.28. The highest BCUT2D eigenvalue weighted by Crippen LogP contribution is 2.29. The maximum absolute atomic E-state index is 12.7. The lowest BCUT2D eigenvalue weighted by Gasteiger charge is -2.31. The Morgan fingerprint density at radius 2 is 2.00 bits per heavy atom. The minimum Gasteiger partial charge on any atom is -0.326 e. The van der Waals surface area contributed by atoms with Crippen molar-refractivity contribution in [3.63, 3.8) is 0 Å². The predicted octanol–water partition coefficient (Wildman–Crippen LogP) is 1.96. The molecule has 1 aromatic carbocycles. The Balaban J connectivity index is 2.28. The second-order valence-corrected chi connectivity index (χ2v) is 6.97. The summed E-state index contributed by atoms with van der Waals surface area (Å²) in [4.78, 5) is 0.360. The molecule has 0 radical (unpaired) electrons. The van der Waals surface area contributed by atoms with Gasteiger partial charge < -0.3 is 5.73 Å². The fraction of sp³-hybridized carbons (Fsp3) is 0.571. The van der Waals surface area contributed by atoms with E-state index < -0.39 is 10.0 Å². The number of benzene rings is 1. The summed E-state index contributed by atoms with van der Waals surface area (Å²) in [6.07, 6.45) is 3.51. The lowest BCUT2D eigenvalue weighted by molar-refractivity contribution is 0.250. The van der Waals surface area contributed by atoms with Crippen molar-refractivity contribution in [3.05, 3.63) is 29.8 Å². The van der Waals surface area contributed by atoms with E-state index in [0.29, 0.717) is 29.5 Å². The van der Waals surface area contributed by atoms with Gasteiger partial charge in [-0.15, -0.1) is 0 Å². The Kier molecular flexibility index (Phi) is 4.60. The minimum absolute atomic E-state index is 0.246. The predicted molar refractivity (Wildman–Crippen MR) is 76.1 cm³/mol. The molecule has 0 aromatic heterocycles. The summed E-state index contributed by atoms with van der Waals surface area (Å²) in [5.41, 5.74) is 6.33. The largest absolute Gasteiger partial charge is 0.326 e. The number of sulfonamides is 1. The summed E-state index contributed by atoms with van der Waals surface area (Å²) in [5.74, 6) is 0.528. The van der Waals surface area contributed by atoms with Gasteiger partial charge in [0, 0.05) is 19.6 Å². The van der Waals surface area contributed by atoms with Gasteiger partial charge in [-0.2, -0.15) is 4.31 Å². The molecule has 1 aliphatic rings. The first kappa shape index (κ1) is 14.5. The molecule has 1 aromatic rings. The van der Waals surface area contributed by atoms with Crippen molar-refractivity contribution in [1.29, 1.82) is 0 Å². The fourth-order valence-corrected chi connectivity index (χ4v) is 4.18. The van der Waals surface area contributed by atoms with Crippen LogP contribution in [0.5, 0.6) is 0 Å². The summed E-state index contributed by atoms with van der Waals surface area (Å²) in [5, 5.41) is 0. The van der Waals surface area contributed by atoms with Crippen molar-refractivity contribution in [2.24, 2.45) is 11.7 Å². The fourth-order valence-electron chi connectivity index (χ4n) is 2.42. The van der Waals surface area contributed by atoms with E-state index in [9.17, 15) is 8.42 Å². The van der Waals surface area contributed by atoms with Crippen LogP contribution in [0.25, 0.3) is 0 Å². The highest BCUT2D eigenvalue weighted by Gasteiger charge is 2.29. The molecule has 1 fully saturated rings. The third kappa shape index (κ3) is 2.99. The van der Waals surface area contributed by atoms with Gasteiger partial charge in [-0.1, -0.05) is 31.5 Å². The normalized spacial score (nSPS) is 16.6. The lowest BCUT2D eigenvalue weighted by Crippen LogP contribution is -2.37. The number of nitrogens with two attached hydrogens (primary N) is 1. The number of hydrogen-bond acceptors (Lipinski definition) is 3. The molecule has 0 saturated heterocycles. The van der Waals surface area contributed by atoms with Crippen LogP contribution in [-0.2, 0) is 16.6 Å². The van der Waals surface area contributed by atoms with Crippen LogP contribution < -0.4 is 5.73 Å². The monoisotopic (exact) mass is 282 g/mol. The molecule has 106 valence electrons. The molecule has 0 spiro atoms. The SMILES string of the molecule is CCN(CC1CCC1)S(=O)(=O)c1ccccc1CN. The van der Waals surface area contributed by atoms with Gasteiger partial charge in [-0.3, -0.25) is 0 Å². The molecule has 0 amide bonds. The summed E-state index contributed by atoms with van der Waals surface area (Å²) in [6, 6.07) is 7.01. The van der Waals surface area contributed by atoms with Gasteiger partial charge in [0.25, 0.3) is 0 Å². The molecular formula is C14H22N2O2S. The number of nitrogens with zero attached hydrogens (tertiary/aromatic N) is 1. The first-order chi connectivity index (χ1) is 9.09. The zero-order valence-corrected chi connectivity index (χ0v) is 12.2. The summed E-state index contributed by atoms with van der Waals surface area (Å²) >= 11 is 0. The first-order valence-electron chi connectivity index (χ1n) is 6.87. The van der Waals surface area contributed by atoms with E-state index in [-0.39, 0.29) is 6.54 Å². The average Bonchev–Trinajstić information content (AvgIpc) is 2.37. The molecule has 0 heterocycles. The van der Waals surface area contributed by atoms with Gasteiger partial charge in [0.2, 0.25) is 10.0 Å². The number of rotatable bonds is 6. The zero-order chi connectivity index (χ0) is 13.9. The maximum atomic E-state index is 12.7.